The second-order valence-corrected chi connectivity index (χ2v) is 2.33. The molecule has 1 rings (SSSR count). The van der Waals surface area contributed by atoms with E-state index in [0.717, 1.165) is 0 Å². The SMILES string of the molecule is O=S([O-])Oc1ccccc1O. The molecule has 4 nitrogen and oxygen atoms in total. The monoisotopic (exact) mass is 173 g/mol. The van der Waals surface area contributed by atoms with Gasteiger partial charge in [0, 0.05) is 0 Å². The summed E-state index contributed by atoms with van der Waals surface area (Å²) in [5.41, 5.74) is 0. The normalized spacial score (nSPS) is 12.5. The van der Waals surface area contributed by atoms with Crippen molar-refractivity contribution in [3.8, 4) is 11.5 Å². The van der Waals surface area contributed by atoms with Gasteiger partial charge in [-0.05, 0) is 12.1 Å². The third kappa shape index (κ3) is 2.21. The minimum atomic E-state index is -2.64. The van der Waals surface area contributed by atoms with Gasteiger partial charge in [0.2, 0.25) is 0 Å². The lowest BCUT2D eigenvalue weighted by Gasteiger charge is -2.07. The van der Waals surface area contributed by atoms with Crippen molar-refractivity contribution in [3.05, 3.63) is 24.3 Å². The van der Waals surface area contributed by atoms with E-state index in [9.17, 15) is 8.76 Å². The van der Waals surface area contributed by atoms with Crippen LogP contribution in [0.4, 0.5) is 0 Å². The van der Waals surface area contributed by atoms with Gasteiger partial charge in [0.15, 0.2) is 11.5 Å². The Morgan fingerprint density at radius 3 is 2.64 bits per heavy atom. The highest BCUT2D eigenvalue weighted by atomic mass is 32.2. The topological polar surface area (TPSA) is 69.6 Å². The summed E-state index contributed by atoms with van der Waals surface area (Å²) in [6.07, 6.45) is 0. The van der Waals surface area contributed by atoms with E-state index in [1.165, 1.54) is 12.1 Å². The Hall–Kier alpha value is -1.07. The lowest BCUT2D eigenvalue weighted by atomic mass is 10.3. The Balaban J connectivity index is 2.86. The maximum atomic E-state index is 9.99. The van der Waals surface area contributed by atoms with Crippen molar-refractivity contribution in [1.29, 1.82) is 0 Å². The van der Waals surface area contributed by atoms with Crippen molar-refractivity contribution >= 4 is 11.4 Å². The van der Waals surface area contributed by atoms with Crippen LogP contribution in [-0.4, -0.2) is 13.9 Å². The van der Waals surface area contributed by atoms with E-state index in [-0.39, 0.29) is 11.5 Å². The Morgan fingerprint density at radius 1 is 1.45 bits per heavy atom. The molecule has 0 saturated heterocycles. The van der Waals surface area contributed by atoms with Gasteiger partial charge in [-0.15, -0.1) is 0 Å². The molecule has 0 aromatic heterocycles. The Bertz CT molecular complexity index is 273. The smallest absolute Gasteiger partial charge is 0.180 e. The largest absolute Gasteiger partial charge is 0.740 e. The molecule has 0 saturated carbocycles. The zero-order valence-corrected chi connectivity index (χ0v) is 6.21. The minimum Gasteiger partial charge on any atom is -0.740 e. The Morgan fingerprint density at radius 2 is 2.09 bits per heavy atom. The molecule has 5 heteroatoms. The molecule has 1 N–H and O–H groups in total. The third-order valence-electron chi connectivity index (χ3n) is 1.02. The van der Waals surface area contributed by atoms with Crippen LogP contribution in [0.1, 0.15) is 0 Å². The molecule has 1 atom stereocenters. The predicted molar refractivity (Wildman–Crippen MR) is 37.7 cm³/mol. The second kappa shape index (κ2) is 3.36. The molecule has 0 fully saturated rings. The maximum Gasteiger partial charge on any atom is 0.180 e. The van der Waals surface area contributed by atoms with E-state index < -0.39 is 11.4 Å². The highest BCUT2D eigenvalue weighted by molar-refractivity contribution is 7.74. The van der Waals surface area contributed by atoms with Gasteiger partial charge in [-0.3, -0.25) is 0 Å². The zero-order chi connectivity index (χ0) is 8.27. The summed E-state index contributed by atoms with van der Waals surface area (Å²) in [6, 6.07) is 5.81. The number of phenolic OH excluding ortho intramolecular Hbond substituents is 1. The molecule has 0 aliphatic heterocycles. The van der Waals surface area contributed by atoms with Crippen LogP contribution in [0.2, 0.25) is 0 Å². The molecule has 0 radical (unpaired) electrons. The zero-order valence-electron chi connectivity index (χ0n) is 5.39. The van der Waals surface area contributed by atoms with Crippen LogP contribution in [-0.2, 0) is 11.4 Å². The molecule has 0 amide bonds. The van der Waals surface area contributed by atoms with Crippen molar-refractivity contribution in [2.24, 2.45) is 0 Å². The summed E-state index contributed by atoms with van der Waals surface area (Å²) in [7, 11) is 0. The quantitative estimate of drug-likeness (QED) is 0.663. The maximum absolute atomic E-state index is 9.99. The fourth-order valence-electron chi connectivity index (χ4n) is 0.601. The van der Waals surface area contributed by atoms with Crippen molar-refractivity contribution in [3.63, 3.8) is 0 Å². The molecule has 0 bridgehead atoms. The van der Waals surface area contributed by atoms with Gasteiger partial charge >= 0.3 is 0 Å². The lowest BCUT2D eigenvalue weighted by molar-refractivity contribution is 0.409. The minimum absolute atomic E-state index is 0.0687. The first-order valence-electron chi connectivity index (χ1n) is 2.76. The van der Waals surface area contributed by atoms with E-state index >= 15 is 0 Å². The van der Waals surface area contributed by atoms with E-state index in [1.807, 2.05) is 0 Å². The first-order valence-corrected chi connectivity index (χ1v) is 3.76. The van der Waals surface area contributed by atoms with Crippen LogP contribution >= 0.6 is 0 Å². The van der Waals surface area contributed by atoms with E-state index in [0.29, 0.717) is 0 Å². The van der Waals surface area contributed by atoms with Crippen molar-refractivity contribution in [2.75, 3.05) is 0 Å². The molecule has 60 valence electrons. The highest BCUT2D eigenvalue weighted by Crippen LogP contribution is 2.24. The first-order chi connectivity index (χ1) is 5.20. The number of para-hydroxylation sites is 2. The summed E-state index contributed by atoms with van der Waals surface area (Å²) in [5, 5.41) is 8.96. The molecule has 0 spiro atoms. The first kappa shape index (κ1) is 8.03. The molecule has 0 aliphatic carbocycles. The van der Waals surface area contributed by atoms with Gasteiger partial charge in [-0.1, -0.05) is 12.1 Å². The Kier molecular flexibility index (Phi) is 2.45. The number of hydrogen-bond acceptors (Lipinski definition) is 4. The van der Waals surface area contributed by atoms with Crippen molar-refractivity contribution in [1.82, 2.24) is 0 Å². The Labute approximate surface area is 65.9 Å². The average molecular weight is 173 g/mol. The van der Waals surface area contributed by atoms with Crippen LogP contribution in [0.25, 0.3) is 0 Å². The number of hydrogen-bond donors (Lipinski definition) is 1. The fraction of sp³-hybridized carbons (Fsp3) is 0. The number of rotatable bonds is 2. The molecular weight excluding hydrogens is 168 g/mol. The van der Waals surface area contributed by atoms with Gasteiger partial charge in [-0.25, -0.2) is 4.21 Å². The molecular formula is C6H5O4S-. The van der Waals surface area contributed by atoms with E-state index in [2.05, 4.69) is 4.18 Å². The summed E-state index contributed by atoms with van der Waals surface area (Å²) >= 11 is -2.64. The standard InChI is InChI=1S/C6H6O4S/c7-5-3-1-2-4-6(5)10-11(8)9/h1-4,7H,(H,8,9)/p-1. The average Bonchev–Trinajstić information content (AvgIpc) is 1.93. The fourth-order valence-corrected chi connectivity index (χ4v) is 0.888. The van der Waals surface area contributed by atoms with Crippen LogP contribution in [0.3, 0.4) is 0 Å². The van der Waals surface area contributed by atoms with Gasteiger partial charge < -0.3 is 13.8 Å². The van der Waals surface area contributed by atoms with Crippen LogP contribution in [0.5, 0.6) is 11.5 Å². The third-order valence-corrected chi connectivity index (χ3v) is 1.34. The van der Waals surface area contributed by atoms with Gasteiger partial charge in [-0.2, -0.15) is 0 Å². The van der Waals surface area contributed by atoms with Crippen LogP contribution in [0, 0.1) is 0 Å². The van der Waals surface area contributed by atoms with Gasteiger partial charge in [0.05, 0.1) is 0 Å². The van der Waals surface area contributed by atoms with Gasteiger partial charge in [0.25, 0.3) is 0 Å². The molecule has 1 aromatic rings. The summed E-state index contributed by atoms with van der Waals surface area (Å²) in [6.45, 7) is 0. The van der Waals surface area contributed by atoms with E-state index in [4.69, 9.17) is 5.11 Å². The molecule has 0 heterocycles. The molecule has 1 aromatic carbocycles. The van der Waals surface area contributed by atoms with Crippen LogP contribution in [0.15, 0.2) is 24.3 Å². The van der Waals surface area contributed by atoms with Crippen molar-refractivity contribution < 1.29 is 18.1 Å². The number of benzene rings is 1. The highest BCUT2D eigenvalue weighted by Gasteiger charge is 1.98. The lowest BCUT2D eigenvalue weighted by Crippen LogP contribution is -1.97. The van der Waals surface area contributed by atoms with E-state index in [1.54, 1.807) is 12.1 Å². The summed E-state index contributed by atoms with van der Waals surface area (Å²) in [4.78, 5) is 0. The molecule has 11 heavy (non-hydrogen) atoms. The van der Waals surface area contributed by atoms with Crippen LogP contribution < -0.4 is 4.18 Å². The van der Waals surface area contributed by atoms with Crippen molar-refractivity contribution in [2.45, 2.75) is 0 Å². The molecule has 0 aliphatic rings. The molecule has 1 unspecified atom stereocenters. The predicted octanol–water partition coefficient (Wildman–Crippen LogP) is 0.565. The summed E-state index contributed by atoms with van der Waals surface area (Å²) < 4.78 is 24.2. The number of aromatic hydroxyl groups is 1. The van der Waals surface area contributed by atoms with Gasteiger partial charge in [0.1, 0.15) is 11.4 Å². The number of phenols is 1. The summed E-state index contributed by atoms with van der Waals surface area (Å²) in [5.74, 6) is -0.266. The second-order valence-electron chi connectivity index (χ2n) is 1.76.